The third kappa shape index (κ3) is 3.97. The highest BCUT2D eigenvalue weighted by molar-refractivity contribution is 5.36. The van der Waals surface area contributed by atoms with Crippen molar-refractivity contribution in [1.82, 2.24) is 5.32 Å². The summed E-state index contributed by atoms with van der Waals surface area (Å²) < 4.78 is 0. The second kappa shape index (κ2) is 6.70. The predicted octanol–water partition coefficient (Wildman–Crippen LogP) is 3.54. The van der Waals surface area contributed by atoms with Crippen LogP contribution in [0.2, 0.25) is 0 Å². The Balaban J connectivity index is 2.45. The van der Waals surface area contributed by atoms with E-state index in [2.05, 4.69) is 45.1 Å². The Morgan fingerprint density at radius 1 is 0.938 bits per heavy atom. The average Bonchev–Trinajstić information content (AvgIpc) is 2.25. The van der Waals surface area contributed by atoms with Crippen LogP contribution in [0, 0.1) is 20.8 Å². The fourth-order valence-electron chi connectivity index (χ4n) is 2.03. The molecule has 0 spiro atoms. The minimum Gasteiger partial charge on any atom is -0.317 e. The molecular formula is C15H25N. The van der Waals surface area contributed by atoms with Crippen LogP contribution in [0.5, 0.6) is 0 Å². The van der Waals surface area contributed by atoms with E-state index in [1.807, 2.05) is 0 Å². The van der Waals surface area contributed by atoms with Gasteiger partial charge in [-0.15, -0.1) is 0 Å². The summed E-state index contributed by atoms with van der Waals surface area (Å²) in [5.41, 5.74) is 5.81. The van der Waals surface area contributed by atoms with Gasteiger partial charge in [-0.3, -0.25) is 0 Å². The molecule has 0 saturated carbocycles. The fourth-order valence-corrected chi connectivity index (χ4v) is 2.03. The lowest BCUT2D eigenvalue weighted by Crippen LogP contribution is -2.14. The van der Waals surface area contributed by atoms with E-state index in [4.69, 9.17) is 0 Å². The number of hydrogen-bond acceptors (Lipinski definition) is 1. The quantitative estimate of drug-likeness (QED) is 0.722. The van der Waals surface area contributed by atoms with Crippen molar-refractivity contribution in [1.29, 1.82) is 0 Å². The number of aryl methyl sites for hydroxylation is 4. The maximum Gasteiger partial charge on any atom is -0.00489 e. The van der Waals surface area contributed by atoms with E-state index in [0.717, 1.165) is 13.1 Å². The van der Waals surface area contributed by atoms with Crippen molar-refractivity contribution in [3.8, 4) is 0 Å². The highest BCUT2D eigenvalue weighted by Crippen LogP contribution is 2.17. The Hall–Kier alpha value is -0.820. The minimum atomic E-state index is 1.09. The van der Waals surface area contributed by atoms with Gasteiger partial charge in [0.25, 0.3) is 0 Å². The third-order valence-corrected chi connectivity index (χ3v) is 3.25. The number of unbranched alkanes of at least 4 members (excludes halogenated alkanes) is 1. The summed E-state index contributed by atoms with van der Waals surface area (Å²) in [4.78, 5) is 0. The van der Waals surface area contributed by atoms with Crippen molar-refractivity contribution < 1.29 is 0 Å². The largest absolute Gasteiger partial charge is 0.317 e. The molecule has 1 nitrogen and oxygen atoms in total. The molecule has 1 aromatic carbocycles. The van der Waals surface area contributed by atoms with E-state index in [1.165, 1.54) is 41.5 Å². The molecule has 0 atom stereocenters. The molecule has 1 aromatic rings. The normalized spacial score (nSPS) is 10.8. The zero-order valence-electron chi connectivity index (χ0n) is 11.2. The third-order valence-electron chi connectivity index (χ3n) is 3.25. The van der Waals surface area contributed by atoms with Crippen molar-refractivity contribution >= 4 is 0 Å². The van der Waals surface area contributed by atoms with Crippen LogP contribution in [-0.2, 0) is 6.42 Å². The molecule has 0 fully saturated rings. The Bertz CT molecular complexity index is 328. The molecular weight excluding hydrogens is 194 g/mol. The van der Waals surface area contributed by atoms with Crippen molar-refractivity contribution in [3.05, 3.63) is 34.4 Å². The van der Waals surface area contributed by atoms with E-state index in [9.17, 15) is 0 Å². The fraction of sp³-hybridized carbons (Fsp3) is 0.600. The van der Waals surface area contributed by atoms with Gasteiger partial charge in [0.1, 0.15) is 0 Å². The molecule has 0 aliphatic carbocycles. The second-order valence-corrected chi connectivity index (χ2v) is 4.67. The van der Waals surface area contributed by atoms with Crippen molar-refractivity contribution in [2.45, 2.75) is 47.0 Å². The first-order valence-electron chi connectivity index (χ1n) is 6.42. The van der Waals surface area contributed by atoms with E-state index in [1.54, 1.807) is 0 Å². The topological polar surface area (TPSA) is 12.0 Å². The van der Waals surface area contributed by atoms with Gasteiger partial charge >= 0.3 is 0 Å². The van der Waals surface area contributed by atoms with Crippen LogP contribution in [0.3, 0.4) is 0 Å². The van der Waals surface area contributed by atoms with E-state index >= 15 is 0 Å². The summed E-state index contributed by atoms with van der Waals surface area (Å²) in [5, 5.41) is 3.37. The predicted molar refractivity (Wildman–Crippen MR) is 72.1 cm³/mol. The number of benzene rings is 1. The van der Waals surface area contributed by atoms with Crippen LogP contribution in [0.15, 0.2) is 12.1 Å². The lowest BCUT2D eigenvalue weighted by Gasteiger charge is -2.09. The van der Waals surface area contributed by atoms with Gasteiger partial charge in [-0.25, -0.2) is 0 Å². The molecule has 0 amide bonds. The lowest BCUT2D eigenvalue weighted by atomic mass is 9.97. The van der Waals surface area contributed by atoms with Crippen LogP contribution in [0.4, 0.5) is 0 Å². The molecule has 0 unspecified atom stereocenters. The first kappa shape index (κ1) is 13.2. The molecule has 0 saturated heterocycles. The molecule has 0 radical (unpaired) electrons. The maximum atomic E-state index is 3.37. The summed E-state index contributed by atoms with van der Waals surface area (Å²) in [7, 11) is 0. The Morgan fingerprint density at radius 3 is 2.31 bits per heavy atom. The molecule has 0 aliphatic heterocycles. The second-order valence-electron chi connectivity index (χ2n) is 4.67. The smallest absolute Gasteiger partial charge is 0.00489 e. The summed E-state index contributed by atoms with van der Waals surface area (Å²) in [6.45, 7) is 11.0. The van der Waals surface area contributed by atoms with Gasteiger partial charge in [0.2, 0.25) is 0 Å². The SMILES string of the molecule is CCNCCCCc1cc(C)c(C)cc1C. The van der Waals surface area contributed by atoms with Gasteiger partial charge in [0, 0.05) is 0 Å². The van der Waals surface area contributed by atoms with E-state index in [0.29, 0.717) is 0 Å². The zero-order chi connectivity index (χ0) is 12.0. The van der Waals surface area contributed by atoms with Gasteiger partial charge in [-0.1, -0.05) is 19.1 Å². The molecule has 0 bridgehead atoms. The van der Waals surface area contributed by atoms with Gasteiger partial charge < -0.3 is 5.32 Å². The summed E-state index contributed by atoms with van der Waals surface area (Å²) in [6.07, 6.45) is 3.79. The van der Waals surface area contributed by atoms with Crippen LogP contribution < -0.4 is 5.32 Å². The lowest BCUT2D eigenvalue weighted by molar-refractivity contribution is 0.640. The van der Waals surface area contributed by atoms with Crippen LogP contribution >= 0.6 is 0 Å². The molecule has 1 rings (SSSR count). The average molecular weight is 219 g/mol. The number of nitrogens with one attached hydrogen (secondary N) is 1. The molecule has 16 heavy (non-hydrogen) atoms. The molecule has 0 aromatic heterocycles. The van der Waals surface area contributed by atoms with E-state index in [-0.39, 0.29) is 0 Å². The Kier molecular flexibility index (Phi) is 5.54. The monoisotopic (exact) mass is 219 g/mol. The van der Waals surface area contributed by atoms with Gasteiger partial charge in [0.15, 0.2) is 0 Å². The van der Waals surface area contributed by atoms with Crippen LogP contribution in [-0.4, -0.2) is 13.1 Å². The molecule has 1 heteroatoms. The van der Waals surface area contributed by atoms with Crippen molar-refractivity contribution in [3.63, 3.8) is 0 Å². The molecule has 1 N–H and O–H groups in total. The summed E-state index contributed by atoms with van der Waals surface area (Å²) in [6, 6.07) is 4.67. The molecule has 90 valence electrons. The molecule has 0 heterocycles. The van der Waals surface area contributed by atoms with E-state index < -0.39 is 0 Å². The van der Waals surface area contributed by atoms with Crippen molar-refractivity contribution in [2.75, 3.05) is 13.1 Å². The minimum absolute atomic E-state index is 1.09. The first-order chi connectivity index (χ1) is 7.65. The Labute approximate surface area is 100 Å². The maximum absolute atomic E-state index is 3.37. The highest BCUT2D eigenvalue weighted by atomic mass is 14.8. The van der Waals surface area contributed by atoms with Crippen molar-refractivity contribution in [2.24, 2.45) is 0 Å². The van der Waals surface area contributed by atoms with Gasteiger partial charge in [-0.2, -0.15) is 0 Å². The summed E-state index contributed by atoms with van der Waals surface area (Å²) >= 11 is 0. The Morgan fingerprint density at radius 2 is 1.62 bits per heavy atom. The van der Waals surface area contributed by atoms with Gasteiger partial charge in [-0.05, 0) is 75.4 Å². The number of rotatable bonds is 6. The van der Waals surface area contributed by atoms with Gasteiger partial charge in [0.05, 0.1) is 0 Å². The first-order valence-corrected chi connectivity index (χ1v) is 6.42. The molecule has 0 aliphatic rings. The summed E-state index contributed by atoms with van der Waals surface area (Å²) in [5.74, 6) is 0. The number of hydrogen-bond donors (Lipinski definition) is 1. The highest BCUT2D eigenvalue weighted by Gasteiger charge is 2.01. The standard InChI is InChI=1S/C15H25N/c1-5-16-9-7-6-8-15-11-13(3)12(2)10-14(15)4/h10-11,16H,5-9H2,1-4H3. The van der Waals surface area contributed by atoms with Crippen LogP contribution in [0.25, 0.3) is 0 Å². The van der Waals surface area contributed by atoms with Crippen LogP contribution in [0.1, 0.15) is 42.0 Å². The zero-order valence-corrected chi connectivity index (χ0v) is 11.2.